The van der Waals surface area contributed by atoms with Crippen LogP contribution >= 0.6 is 0 Å². The quantitative estimate of drug-likeness (QED) is 0.521. The number of hydrogen-bond acceptors (Lipinski definition) is 1. The van der Waals surface area contributed by atoms with Gasteiger partial charge in [0.05, 0.1) is 5.39 Å². The van der Waals surface area contributed by atoms with Crippen molar-refractivity contribution in [2.75, 3.05) is 11.9 Å². The molecular weight excluding hydrogens is 244 g/mol. The molecule has 0 saturated heterocycles. The molecule has 0 spiro atoms. The van der Waals surface area contributed by atoms with E-state index in [9.17, 15) is 0 Å². The number of anilines is 1. The highest BCUT2D eigenvalue weighted by Crippen LogP contribution is 2.34. The minimum absolute atomic E-state index is 0.537. The van der Waals surface area contributed by atoms with Gasteiger partial charge >= 0.3 is 0 Å². The van der Waals surface area contributed by atoms with E-state index in [1.54, 1.807) is 0 Å². The highest BCUT2D eigenvalue weighted by atomic mass is 15.2. The summed E-state index contributed by atoms with van der Waals surface area (Å²) >= 11 is 0. The van der Waals surface area contributed by atoms with Crippen molar-refractivity contribution in [1.29, 1.82) is 0 Å². The van der Waals surface area contributed by atoms with E-state index in [1.165, 1.54) is 33.1 Å². The van der Waals surface area contributed by atoms with Crippen molar-refractivity contribution in [1.82, 2.24) is 0 Å². The van der Waals surface area contributed by atoms with E-state index >= 15 is 0 Å². The zero-order valence-electron chi connectivity index (χ0n) is 12.0. The Morgan fingerprint density at radius 1 is 1.00 bits per heavy atom. The fraction of sp³-hybridized carbons (Fsp3) is 0.278. The summed E-state index contributed by atoms with van der Waals surface area (Å²) in [5.41, 5.74) is 2.80. The summed E-state index contributed by atoms with van der Waals surface area (Å²) in [5.74, 6) is 1.81. The summed E-state index contributed by atoms with van der Waals surface area (Å²) in [6.07, 6.45) is 0. The van der Waals surface area contributed by atoms with Gasteiger partial charge in [-0.15, -0.1) is 0 Å². The minimum atomic E-state index is 0.537. The highest BCUT2D eigenvalue weighted by molar-refractivity contribution is 6.09. The number of aromatic nitrogens is 1. The fourth-order valence-corrected chi connectivity index (χ4v) is 3.44. The van der Waals surface area contributed by atoms with Gasteiger partial charge in [0.25, 0.3) is 5.82 Å². The minimum Gasteiger partial charge on any atom is -0.270 e. The molecule has 1 aliphatic rings. The summed E-state index contributed by atoms with van der Waals surface area (Å²) in [6.45, 7) is 6.63. The molecule has 0 fully saturated rings. The Morgan fingerprint density at radius 2 is 1.80 bits per heavy atom. The molecule has 0 aliphatic carbocycles. The Kier molecular flexibility index (Phi) is 2.46. The van der Waals surface area contributed by atoms with Gasteiger partial charge in [-0.25, -0.2) is 4.57 Å². The van der Waals surface area contributed by atoms with Crippen LogP contribution in [0.1, 0.15) is 25.3 Å². The molecule has 0 radical (unpaired) electrons. The van der Waals surface area contributed by atoms with Crippen LogP contribution in [0, 0.1) is 0 Å². The van der Waals surface area contributed by atoms with Crippen LogP contribution in [-0.2, 0) is 6.54 Å². The van der Waals surface area contributed by atoms with Gasteiger partial charge in [0.1, 0.15) is 18.6 Å². The van der Waals surface area contributed by atoms with Crippen molar-refractivity contribution in [2.24, 2.45) is 0 Å². The molecule has 1 aliphatic heterocycles. The van der Waals surface area contributed by atoms with Gasteiger partial charge in [0.15, 0.2) is 0 Å². The summed E-state index contributed by atoms with van der Waals surface area (Å²) in [4.78, 5) is 0. The van der Waals surface area contributed by atoms with Crippen molar-refractivity contribution in [3.8, 4) is 0 Å². The first kappa shape index (κ1) is 11.7. The van der Waals surface area contributed by atoms with E-state index in [4.69, 9.17) is 0 Å². The number of fused-ring (bicyclic) bond motifs is 6. The van der Waals surface area contributed by atoms with Crippen LogP contribution in [0.5, 0.6) is 0 Å². The second-order valence-electron chi connectivity index (χ2n) is 5.87. The van der Waals surface area contributed by atoms with Crippen LogP contribution in [-0.4, -0.2) is 6.54 Å². The van der Waals surface area contributed by atoms with Crippen LogP contribution in [0.25, 0.3) is 21.7 Å². The summed E-state index contributed by atoms with van der Waals surface area (Å²) in [5, 5.41) is 7.68. The Labute approximate surface area is 119 Å². The van der Waals surface area contributed by atoms with Gasteiger partial charge in [-0.05, 0) is 23.6 Å². The van der Waals surface area contributed by atoms with E-state index in [2.05, 4.69) is 66.2 Å². The SMILES string of the molecule is CC(C)c1cccc2c1c1ccccc1c1[n+]2CCN1. The molecule has 1 aromatic heterocycles. The number of benzene rings is 2. The first-order valence-corrected chi connectivity index (χ1v) is 7.38. The fourth-order valence-electron chi connectivity index (χ4n) is 3.44. The maximum atomic E-state index is 3.55. The van der Waals surface area contributed by atoms with Gasteiger partial charge < -0.3 is 0 Å². The lowest BCUT2D eigenvalue weighted by molar-refractivity contribution is -0.643. The van der Waals surface area contributed by atoms with Crippen LogP contribution in [0.3, 0.4) is 0 Å². The van der Waals surface area contributed by atoms with Gasteiger partial charge in [0, 0.05) is 10.8 Å². The second-order valence-corrected chi connectivity index (χ2v) is 5.87. The van der Waals surface area contributed by atoms with E-state index < -0.39 is 0 Å². The second kappa shape index (κ2) is 4.20. The maximum Gasteiger partial charge on any atom is 0.283 e. The van der Waals surface area contributed by atoms with Crippen LogP contribution in [0.2, 0.25) is 0 Å². The van der Waals surface area contributed by atoms with Crippen molar-refractivity contribution < 1.29 is 4.57 Å². The lowest BCUT2D eigenvalue weighted by Crippen LogP contribution is -2.32. The average Bonchev–Trinajstić information content (AvgIpc) is 2.96. The Balaban J connectivity index is 2.29. The predicted molar refractivity (Wildman–Crippen MR) is 84.2 cm³/mol. The van der Waals surface area contributed by atoms with Crippen LogP contribution in [0.15, 0.2) is 42.5 Å². The maximum absolute atomic E-state index is 3.55. The van der Waals surface area contributed by atoms with Crippen molar-refractivity contribution in [2.45, 2.75) is 26.3 Å². The molecule has 0 unspecified atom stereocenters. The molecule has 2 heteroatoms. The third kappa shape index (κ3) is 1.48. The summed E-state index contributed by atoms with van der Waals surface area (Å²) < 4.78 is 2.43. The molecule has 0 bridgehead atoms. The van der Waals surface area contributed by atoms with Crippen molar-refractivity contribution >= 4 is 27.5 Å². The standard InChI is InChI=1S/C18H18N2/c1-12(2)13-8-5-9-16-17(13)14-6-3-4-7-15(14)18-19-10-11-20(16)18/h3-9,12H,10-11H2,1-2H3/p+1. The van der Waals surface area contributed by atoms with E-state index in [1.807, 2.05) is 0 Å². The molecule has 100 valence electrons. The van der Waals surface area contributed by atoms with Gasteiger partial charge in [-0.3, -0.25) is 5.32 Å². The van der Waals surface area contributed by atoms with Crippen LogP contribution < -0.4 is 9.88 Å². The predicted octanol–water partition coefficient (Wildman–Crippen LogP) is 3.83. The molecule has 1 N–H and O–H groups in total. The third-order valence-corrected chi connectivity index (χ3v) is 4.34. The Morgan fingerprint density at radius 3 is 2.60 bits per heavy atom. The largest absolute Gasteiger partial charge is 0.283 e. The highest BCUT2D eigenvalue weighted by Gasteiger charge is 2.25. The van der Waals surface area contributed by atoms with E-state index in [-0.39, 0.29) is 0 Å². The van der Waals surface area contributed by atoms with Crippen LogP contribution in [0.4, 0.5) is 5.82 Å². The van der Waals surface area contributed by atoms with Gasteiger partial charge in [-0.2, -0.15) is 0 Å². The van der Waals surface area contributed by atoms with Gasteiger partial charge in [0.2, 0.25) is 0 Å². The number of pyridine rings is 1. The smallest absolute Gasteiger partial charge is 0.270 e. The van der Waals surface area contributed by atoms with Crippen molar-refractivity contribution in [3.63, 3.8) is 0 Å². The average molecular weight is 263 g/mol. The number of nitrogens with one attached hydrogen (secondary N) is 1. The number of hydrogen-bond donors (Lipinski definition) is 1. The monoisotopic (exact) mass is 263 g/mol. The topological polar surface area (TPSA) is 15.9 Å². The Bertz CT molecular complexity index is 818. The zero-order chi connectivity index (χ0) is 13.7. The molecule has 2 nitrogen and oxygen atoms in total. The molecular formula is C18H19N2+. The molecule has 4 rings (SSSR count). The number of nitrogens with zero attached hydrogens (tertiary/aromatic N) is 1. The molecule has 2 aromatic carbocycles. The molecule has 3 aromatic rings. The van der Waals surface area contributed by atoms with Gasteiger partial charge in [-0.1, -0.05) is 44.2 Å². The number of rotatable bonds is 1. The molecule has 2 heterocycles. The lowest BCUT2D eigenvalue weighted by atomic mass is 9.94. The molecule has 0 amide bonds. The first-order chi connectivity index (χ1) is 9.77. The molecule has 20 heavy (non-hydrogen) atoms. The van der Waals surface area contributed by atoms with E-state index in [0.29, 0.717) is 5.92 Å². The first-order valence-electron chi connectivity index (χ1n) is 7.38. The van der Waals surface area contributed by atoms with E-state index in [0.717, 1.165) is 13.1 Å². The lowest BCUT2D eigenvalue weighted by Gasteiger charge is -2.13. The van der Waals surface area contributed by atoms with Crippen molar-refractivity contribution in [3.05, 3.63) is 48.0 Å². The zero-order valence-corrected chi connectivity index (χ0v) is 12.0. The third-order valence-electron chi connectivity index (χ3n) is 4.34. The molecule has 0 atom stereocenters. The Hall–Kier alpha value is -2.09. The summed E-state index contributed by atoms with van der Waals surface area (Å²) in [6, 6.07) is 15.5. The molecule has 0 saturated carbocycles. The normalized spacial score (nSPS) is 13.9. The summed E-state index contributed by atoms with van der Waals surface area (Å²) in [7, 11) is 0.